The maximum Gasteiger partial charge on any atom is 0.243 e. The van der Waals surface area contributed by atoms with Crippen molar-refractivity contribution in [2.24, 2.45) is 0 Å². The normalized spacial score (nSPS) is 12.9. The van der Waals surface area contributed by atoms with Crippen LogP contribution in [0.1, 0.15) is 38.8 Å². The molecular weight excluding hydrogens is 400 g/mol. The third-order valence-electron chi connectivity index (χ3n) is 4.70. The molecule has 0 bridgehead atoms. The van der Waals surface area contributed by atoms with Crippen molar-refractivity contribution in [3.8, 4) is 5.75 Å². The topological polar surface area (TPSA) is 75.7 Å². The van der Waals surface area contributed by atoms with Crippen LogP contribution in [0.2, 0.25) is 0 Å². The summed E-state index contributed by atoms with van der Waals surface area (Å²) in [4.78, 5) is 12.7. The number of sulfonamides is 1. The summed E-state index contributed by atoms with van der Waals surface area (Å²) in [5, 5.41) is 2.78. The first-order chi connectivity index (χ1) is 13.9. The van der Waals surface area contributed by atoms with E-state index in [0.717, 1.165) is 27.4 Å². The van der Waals surface area contributed by atoms with Crippen molar-refractivity contribution in [2.45, 2.75) is 46.1 Å². The van der Waals surface area contributed by atoms with Crippen LogP contribution in [0, 0.1) is 6.92 Å². The highest BCUT2D eigenvalue weighted by atomic mass is 32.2. The van der Waals surface area contributed by atoms with Crippen molar-refractivity contribution in [2.75, 3.05) is 23.7 Å². The van der Waals surface area contributed by atoms with Crippen LogP contribution in [0.4, 0.5) is 5.69 Å². The molecule has 0 aliphatic heterocycles. The fourth-order valence-corrected chi connectivity index (χ4v) is 4.44. The number of nitrogens with zero attached hydrogens (tertiary/aromatic N) is 1. The first-order valence-electron chi connectivity index (χ1n) is 9.97. The molecule has 30 heavy (non-hydrogen) atoms. The van der Waals surface area contributed by atoms with Crippen LogP contribution in [0.25, 0.3) is 0 Å². The summed E-state index contributed by atoms with van der Waals surface area (Å²) >= 11 is 0. The van der Waals surface area contributed by atoms with Crippen molar-refractivity contribution in [3.05, 3.63) is 59.7 Å². The second kappa shape index (κ2) is 9.51. The summed E-state index contributed by atoms with van der Waals surface area (Å²) in [6.07, 6.45) is 1.10. The molecular formula is C23H32N2O4S. The minimum absolute atomic E-state index is 0.0574. The minimum Gasteiger partial charge on any atom is -0.491 e. The van der Waals surface area contributed by atoms with Gasteiger partial charge in [-0.3, -0.25) is 9.10 Å². The Morgan fingerprint density at radius 2 is 1.80 bits per heavy atom. The Kier molecular flexibility index (Phi) is 7.53. The lowest BCUT2D eigenvalue weighted by molar-refractivity contribution is -0.121. The molecule has 2 rings (SSSR count). The molecule has 0 aliphatic rings. The molecule has 0 spiro atoms. The van der Waals surface area contributed by atoms with Crippen LogP contribution in [-0.4, -0.2) is 39.8 Å². The lowest BCUT2D eigenvalue weighted by Gasteiger charge is -2.28. The molecule has 1 N–H and O–H groups in total. The van der Waals surface area contributed by atoms with Crippen molar-refractivity contribution >= 4 is 21.6 Å². The number of amides is 1. The lowest BCUT2D eigenvalue weighted by atomic mass is 9.86. The fraction of sp³-hybridized carbons (Fsp3) is 0.435. The molecule has 0 saturated carbocycles. The van der Waals surface area contributed by atoms with E-state index in [1.54, 1.807) is 25.1 Å². The van der Waals surface area contributed by atoms with Crippen LogP contribution in [0.5, 0.6) is 5.75 Å². The van der Waals surface area contributed by atoms with Crippen LogP contribution in [0.3, 0.4) is 0 Å². The van der Waals surface area contributed by atoms with Gasteiger partial charge in [-0.2, -0.15) is 0 Å². The van der Waals surface area contributed by atoms with Gasteiger partial charge in [0, 0.05) is 0 Å². The largest absolute Gasteiger partial charge is 0.491 e. The third kappa shape index (κ3) is 6.23. The zero-order valence-electron chi connectivity index (χ0n) is 18.6. The Morgan fingerprint density at radius 1 is 1.13 bits per heavy atom. The quantitative estimate of drug-likeness (QED) is 0.646. The molecule has 0 heterocycles. The molecule has 0 aliphatic carbocycles. The Morgan fingerprint density at radius 3 is 2.40 bits per heavy atom. The van der Waals surface area contributed by atoms with Gasteiger partial charge >= 0.3 is 0 Å². The van der Waals surface area contributed by atoms with Gasteiger partial charge in [-0.1, -0.05) is 51.1 Å². The summed E-state index contributed by atoms with van der Waals surface area (Å²) in [5.74, 6) is 0.402. The number of para-hydroxylation sites is 1. The molecule has 0 saturated heterocycles. The van der Waals surface area contributed by atoms with Crippen molar-refractivity contribution in [1.82, 2.24) is 5.32 Å². The molecule has 0 unspecified atom stereocenters. The maximum absolute atomic E-state index is 12.7. The van der Waals surface area contributed by atoms with E-state index in [-0.39, 0.29) is 24.5 Å². The van der Waals surface area contributed by atoms with Gasteiger partial charge in [-0.05, 0) is 48.6 Å². The van der Waals surface area contributed by atoms with Gasteiger partial charge in [0.15, 0.2) is 0 Å². The van der Waals surface area contributed by atoms with Gasteiger partial charge < -0.3 is 10.1 Å². The zero-order chi connectivity index (χ0) is 22.5. The third-order valence-corrected chi connectivity index (χ3v) is 5.94. The summed E-state index contributed by atoms with van der Waals surface area (Å²) in [6, 6.07) is 14.0. The lowest BCUT2D eigenvalue weighted by Crippen LogP contribution is -2.48. The van der Waals surface area contributed by atoms with Gasteiger partial charge in [-0.15, -0.1) is 0 Å². The smallest absolute Gasteiger partial charge is 0.243 e. The van der Waals surface area contributed by atoms with Crippen molar-refractivity contribution in [1.29, 1.82) is 0 Å². The first-order valence-corrected chi connectivity index (χ1v) is 11.8. The summed E-state index contributed by atoms with van der Waals surface area (Å²) in [6.45, 7) is 10.4. The predicted molar refractivity (Wildman–Crippen MR) is 122 cm³/mol. The van der Waals surface area contributed by atoms with Gasteiger partial charge in [0.25, 0.3) is 0 Å². The van der Waals surface area contributed by atoms with Gasteiger partial charge in [0.2, 0.25) is 15.9 Å². The highest BCUT2D eigenvalue weighted by Gasteiger charge is 2.29. The minimum atomic E-state index is -3.63. The number of carbonyl (C=O) groups excluding carboxylic acids is 1. The first kappa shape index (κ1) is 23.7. The van der Waals surface area contributed by atoms with E-state index in [0.29, 0.717) is 5.69 Å². The van der Waals surface area contributed by atoms with Gasteiger partial charge in [-0.25, -0.2) is 8.42 Å². The molecule has 1 atom stereocenters. The van der Waals surface area contributed by atoms with Crippen molar-refractivity contribution in [3.63, 3.8) is 0 Å². The molecule has 7 heteroatoms. The van der Waals surface area contributed by atoms with Crippen LogP contribution in [-0.2, 0) is 20.2 Å². The van der Waals surface area contributed by atoms with E-state index in [9.17, 15) is 13.2 Å². The van der Waals surface area contributed by atoms with Crippen LogP contribution < -0.4 is 14.4 Å². The van der Waals surface area contributed by atoms with E-state index in [1.807, 2.05) is 37.3 Å². The summed E-state index contributed by atoms with van der Waals surface area (Å²) < 4.78 is 31.7. The molecule has 0 aromatic heterocycles. The molecule has 2 aromatic carbocycles. The highest BCUT2D eigenvalue weighted by Crippen LogP contribution is 2.30. The molecule has 164 valence electrons. The number of anilines is 1. The standard InChI is InChI=1S/C23H32N2O4S/c1-17-10-9-11-19(16-17)25(30(6,27)28)18(2)22(26)24-14-15-29-21-13-8-7-12-20(21)23(3,4)5/h7-13,16,18H,14-15H2,1-6H3,(H,24,26)/t18-/m1/s1. The van der Waals surface area contributed by atoms with Gasteiger partial charge in [0.1, 0.15) is 18.4 Å². The van der Waals surface area contributed by atoms with E-state index in [2.05, 4.69) is 26.1 Å². The van der Waals surface area contributed by atoms with Crippen LogP contribution in [0.15, 0.2) is 48.5 Å². The average molecular weight is 433 g/mol. The number of carbonyl (C=O) groups is 1. The number of ether oxygens (including phenoxy) is 1. The number of rotatable bonds is 8. The number of hydrogen-bond donors (Lipinski definition) is 1. The Bertz CT molecular complexity index is 981. The molecule has 0 fully saturated rings. The van der Waals surface area contributed by atoms with E-state index < -0.39 is 16.1 Å². The molecule has 1 amide bonds. The van der Waals surface area contributed by atoms with E-state index >= 15 is 0 Å². The fourth-order valence-electron chi connectivity index (χ4n) is 3.27. The number of aryl methyl sites for hydroxylation is 1. The van der Waals surface area contributed by atoms with Gasteiger partial charge in [0.05, 0.1) is 18.5 Å². The highest BCUT2D eigenvalue weighted by molar-refractivity contribution is 7.92. The van der Waals surface area contributed by atoms with E-state index in [1.165, 1.54) is 0 Å². The number of nitrogens with one attached hydrogen (secondary N) is 1. The predicted octanol–water partition coefficient (Wildman–Crippen LogP) is 3.64. The second-order valence-electron chi connectivity index (χ2n) is 8.46. The molecule has 6 nitrogen and oxygen atoms in total. The SMILES string of the molecule is Cc1cccc(N([C@H](C)C(=O)NCCOc2ccccc2C(C)(C)C)S(C)(=O)=O)c1. The maximum atomic E-state index is 12.7. The zero-order valence-corrected chi connectivity index (χ0v) is 19.4. The molecule has 2 aromatic rings. The Balaban J connectivity index is 2.02. The monoisotopic (exact) mass is 432 g/mol. The second-order valence-corrected chi connectivity index (χ2v) is 10.3. The van der Waals surface area contributed by atoms with Crippen molar-refractivity contribution < 1.29 is 17.9 Å². The summed E-state index contributed by atoms with van der Waals surface area (Å²) in [5.41, 5.74) is 2.42. The number of benzene rings is 2. The average Bonchev–Trinajstić information content (AvgIpc) is 2.63. The molecule has 0 radical (unpaired) electrons. The van der Waals surface area contributed by atoms with Crippen LogP contribution >= 0.6 is 0 Å². The summed E-state index contributed by atoms with van der Waals surface area (Å²) in [7, 11) is -3.63. The number of hydrogen-bond acceptors (Lipinski definition) is 4. The Hall–Kier alpha value is -2.54. The van der Waals surface area contributed by atoms with E-state index in [4.69, 9.17) is 4.74 Å². The Labute approximate surface area is 180 Å².